The third-order valence-electron chi connectivity index (χ3n) is 2.76. The Kier molecular flexibility index (Phi) is 5.00. The molecule has 2 rings (SSSR count). The van der Waals surface area contributed by atoms with Crippen LogP contribution < -0.4 is 4.72 Å². The quantitative estimate of drug-likeness (QED) is 0.841. The number of hydrogen-bond donors (Lipinski definition) is 1. The Labute approximate surface area is 131 Å². The lowest BCUT2D eigenvalue weighted by Crippen LogP contribution is -2.23. The van der Waals surface area contributed by atoms with Crippen LogP contribution in [0.4, 0.5) is 0 Å². The van der Waals surface area contributed by atoms with E-state index in [0.717, 1.165) is 21.6 Å². The third kappa shape index (κ3) is 3.69. The monoisotopic (exact) mass is 377 g/mol. The van der Waals surface area contributed by atoms with Crippen LogP contribution in [0.2, 0.25) is 0 Å². The Hall–Kier alpha value is -0.700. The van der Waals surface area contributed by atoms with Crippen LogP contribution in [0.3, 0.4) is 0 Å². The van der Waals surface area contributed by atoms with E-state index in [-0.39, 0.29) is 11.6 Å². The van der Waals surface area contributed by atoms with E-state index >= 15 is 0 Å². The number of nitrogens with zero attached hydrogens (tertiary/aromatic N) is 2. The van der Waals surface area contributed by atoms with Gasteiger partial charge in [-0.25, -0.2) is 18.1 Å². The molecule has 110 valence electrons. The Balaban J connectivity index is 2.11. The number of sulfonamides is 1. The Bertz CT molecular complexity index is 691. The molecule has 1 N–H and O–H groups in total. The average molecular weight is 378 g/mol. The predicted octanol–water partition coefficient (Wildman–Crippen LogP) is 2.90. The summed E-state index contributed by atoms with van der Waals surface area (Å²) in [4.78, 5) is 5.07. The largest absolute Gasteiger partial charge is 0.334 e. The van der Waals surface area contributed by atoms with Gasteiger partial charge in [0.15, 0.2) is 5.03 Å². The molecule has 0 unspecified atom stereocenters. The fraction of sp³-hybridized carbons (Fsp3) is 0.417. The summed E-state index contributed by atoms with van der Waals surface area (Å²) in [7, 11) is -3.56. The average Bonchev–Trinajstić information content (AvgIpc) is 2.95. The summed E-state index contributed by atoms with van der Waals surface area (Å²) in [5.74, 6) is 0.714. The number of hydrogen-bond acceptors (Lipinski definition) is 4. The fourth-order valence-electron chi connectivity index (χ4n) is 1.76. The van der Waals surface area contributed by atoms with E-state index in [1.54, 1.807) is 6.20 Å². The van der Waals surface area contributed by atoms with Gasteiger partial charge < -0.3 is 4.57 Å². The Morgan fingerprint density at radius 2 is 2.20 bits per heavy atom. The molecule has 0 radical (unpaired) electrons. The topological polar surface area (TPSA) is 64.0 Å². The summed E-state index contributed by atoms with van der Waals surface area (Å²) < 4.78 is 29.8. The molecular formula is C12H16BrN3O2S2. The molecule has 0 atom stereocenters. The van der Waals surface area contributed by atoms with Crippen molar-refractivity contribution in [2.75, 3.05) is 0 Å². The standard InChI is InChI=1S/C12H16BrN3O2S2/c1-3-6-16-8-12(15-9(16)2)20(17,18)14-7-10-4-5-11(13)19-10/h4-5,8,14H,3,6-7H2,1-2H3. The summed E-state index contributed by atoms with van der Waals surface area (Å²) in [6, 6.07) is 3.78. The zero-order valence-corrected chi connectivity index (χ0v) is 14.5. The van der Waals surface area contributed by atoms with Crippen molar-refractivity contribution in [3.63, 3.8) is 0 Å². The minimum Gasteiger partial charge on any atom is -0.334 e. The van der Waals surface area contributed by atoms with Crippen molar-refractivity contribution < 1.29 is 8.42 Å². The van der Waals surface area contributed by atoms with E-state index in [0.29, 0.717) is 5.82 Å². The number of aryl methyl sites for hydroxylation is 2. The van der Waals surface area contributed by atoms with E-state index in [4.69, 9.17) is 0 Å². The lowest BCUT2D eigenvalue weighted by atomic mass is 10.5. The maximum absolute atomic E-state index is 12.2. The second-order valence-corrected chi connectivity index (χ2v) is 8.61. The van der Waals surface area contributed by atoms with E-state index in [2.05, 4.69) is 25.6 Å². The van der Waals surface area contributed by atoms with Crippen molar-refractivity contribution in [1.82, 2.24) is 14.3 Å². The van der Waals surface area contributed by atoms with Crippen LogP contribution in [-0.2, 0) is 23.1 Å². The minimum atomic E-state index is -3.56. The van der Waals surface area contributed by atoms with Gasteiger partial charge in [-0.1, -0.05) is 6.92 Å². The first-order valence-electron chi connectivity index (χ1n) is 6.20. The highest BCUT2D eigenvalue weighted by Crippen LogP contribution is 2.22. The van der Waals surface area contributed by atoms with Crippen molar-refractivity contribution in [1.29, 1.82) is 0 Å². The van der Waals surface area contributed by atoms with Crippen LogP contribution in [-0.4, -0.2) is 18.0 Å². The van der Waals surface area contributed by atoms with Gasteiger partial charge >= 0.3 is 0 Å². The smallest absolute Gasteiger partial charge is 0.259 e. The van der Waals surface area contributed by atoms with Crippen LogP contribution in [0.15, 0.2) is 27.1 Å². The third-order valence-corrected chi connectivity index (χ3v) is 5.65. The van der Waals surface area contributed by atoms with Gasteiger partial charge in [-0.3, -0.25) is 0 Å². The van der Waals surface area contributed by atoms with E-state index < -0.39 is 10.0 Å². The molecule has 0 aliphatic heterocycles. The number of aromatic nitrogens is 2. The molecule has 0 saturated heterocycles. The van der Waals surface area contributed by atoms with Crippen molar-refractivity contribution in [2.45, 2.75) is 38.4 Å². The lowest BCUT2D eigenvalue weighted by molar-refractivity contribution is 0.578. The number of nitrogens with one attached hydrogen (secondary N) is 1. The summed E-state index contributed by atoms with van der Waals surface area (Å²) in [6.45, 7) is 4.90. The molecule has 5 nitrogen and oxygen atoms in total. The van der Waals surface area contributed by atoms with Crippen molar-refractivity contribution in [2.24, 2.45) is 0 Å². The summed E-state index contributed by atoms with van der Waals surface area (Å²) in [5, 5.41) is 0.0825. The zero-order chi connectivity index (χ0) is 14.8. The van der Waals surface area contributed by atoms with Gasteiger partial charge in [0, 0.05) is 24.2 Å². The molecule has 0 aromatic carbocycles. The number of rotatable bonds is 6. The van der Waals surface area contributed by atoms with Crippen LogP contribution in [0.25, 0.3) is 0 Å². The minimum absolute atomic E-state index is 0.0825. The van der Waals surface area contributed by atoms with Crippen LogP contribution in [0.5, 0.6) is 0 Å². The van der Waals surface area contributed by atoms with Crippen LogP contribution >= 0.6 is 27.3 Å². The highest BCUT2D eigenvalue weighted by atomic mass is 79.9. The number of imidazole rings is 1. The first kappa shape index (κ1) is 15.7. The second-order valence-electron chi connectivity index (χ2n) is 4.35. The molecule has 0 aliphatic rings. The van der Waals surface area contributed by atoms with E-state index in [1.807, 2.05) is 30.5 Å². The van der Waals surface area contributed by atoms with Crippen LogP contribution in [0.1, 0.15) is 24.0 Å². The fourth-order valence-corrected chi connectivity index (χ4v) is 4.29. The second kappa shape index (κ2) is 6.38. The Morgan fingerprint density at radius 3 is 2.80 bits per heavy atom. The Morgan fingerprint density at radius 1 is 1.45 bits per heavy atom. The first-order valence-corrected chi connectivity index (χ1v) is 9.29. The first-order chi connectivity index (χ1) is 9.42. The van der Waals surface area contributed by atoms with E-state index in [1.165, 1.54) is 11.3 Å². The van der Waals surface area contributed by atoms with Gasteiger partial charge in [0.2, 0.25) is 0 Å². The van der Waals surface area contributed by atoms with Gasteiger partial charge in [-0.2, -0.15) is 0 Å². The molecule has 8 heteroatoms. The molecule has 0 amide bonds. The molecular weight excluding hydrogens is 362 g/mol. The molecule has 0 bridgehead atoms. The van der Waals surface area contributed by atoms with Gasteiger partial charge in [0.1, 0.15) is 5.82 Å². The van der Waals surface area contributed by atoms with Crippen LogP contribution in [0, 0.1) is 6.92 Å². The van der Waals surface area contributed by atoms with Gasteiger partial charge in [0.05, 0.1) is 3.79 Å². The van der Waals surface area contributed by atoms with Crippen molar-refractivity contribution in [3.8, 4) is 0 Å². The summed E-state index contributed by atoms with van der Waals surface area (Å²) in [5.41, 5.74) is 0. The highest BCUT2D eigenvalue weighted by Gasteiger charge is 2.19. The molecule has 0 saturated carbocycles. The van der Waals surface area contributed by atoms with Gasteiger partial charge in [-0.05, 0) is 41.4 Å². The van der Waals surface area contributed by atoms with E-state index in [9.17, 15) is 8.42 Å². The zero-order valence-electron chi connectivity index (χ0n) is 11.3. The molecule has 20 heavy (non-hydrogen) atoms. The maximum Gasteiger partial charge on any atom is 0.259 e. The summed E-state index contributed by atoms with van der Waals surface area (Å²) >= 11 is 4.86. The molecule has 0 spiro atoms. The lowest BCUT2D eigenvalue weighted by Gasteiger charge is -2.02. The maximum atomic E-state index is 12.2. The molecule has 2 aromatic heterocycles. The SMILES string of the molecule is CCCn1cc(S(=O)(=O)NCc2ccc(Br)s2)nc1C. The van der Waals surface area contributed by atoms with Crippen molar-refractivity contribution in [3.05, 3.63) is 32.8 Å². The highest BCUT2D eigenvalue weighted by molar-refractivity contribution is 9.11. The molecule has 2 aromatic rings. The normalized spacial score (nSPS) is 11.9. The number of thiophene rings is 1. The van der Waals surface area contributed by atoms with Gasteiger partial charge in [-0.15, -0.1) is 11.3 Å². The van der Waals surface area contributed by atoms with Crippen molar-refractivity contribution >= 4 is 37.3 Å². The predicted molar refractivity (Wildman–Crippen MR) is 83.3 cm³/mol. The number of halogens is 1. The molecule has 2 heterocycles. The summed E-state index contributed by atoms with van der Waals surface area (Å²) in [6.07, 6.45) is 2.53. The molecule has 0 aliphatic carbocycles. The van der Waals surface area contributed by atoms with Gasteiger partial charge in [0.25, 0.3) is 10.0 Å². The molecule has 0 fully saturated rings.